The lowest BCUT2D eigenvalue weighted by atomic mass is 9.67. The maximum Gasteiger partial charge on any atom is 0.335 e. The zero-order valence-corrected chi connectivity index (χ0v) is 19.9. The van der Waals surface area contributed by atoms with Gasteiger partial charge in [0.15, 0.2) is 0 Å². The molecule has 0 saturated carbocycles. The molecule has 0 bridgehead atoms. The van der Waals surface area contributed by atoms with Crippen molar-refractivity contribution in [3.05, 3.63) is 144 Å². The minimum Gasteiger partial charge on any atom is -0.423 e. The fourth-order valence-corrected chi connectivity index (χ4v) is 5.10. The summed E-state index contributed by atoms with van der Waals surface area (Å²) in [6.07, 6.45) is 2.29. The SMILES string of the molecule is C=CC(=O)Oc1ccc(C2(c3ccc(OC(=O)C=C)c(C)c3)c3ccccc3-c3ccccc32)cc1. The van der Waals surface area contributed by atoms with Gasteiger partial charge in [0.25, 0.3) is 0 Å². The normalized spacial score (nSPS) is 12.7. The van der Waals surface area contributed by atoms with E-state index in [1.54, 1.807) is 12.1 Å². The molecular formula is C32H24O4. The molecule has 0 spiro atoms. The number of hydrogen-bond donors (Lipinski definition) is 0. The van der Waals surface area contributed by atoms with E-state index in [1.165, 1.54) is 0 Å². The maximum absolute atomic E-state index is 11.8. The monoisotopic (exact) mass is 472 g/mol. The standard InChI is InChI=1S/C32H24O4/c1-4-30(33)35-24-17-14-22(15-18-24)32(23-16-19-29(21(3)20-23)36-31(34)5-2)27-12-8-6-10-25(27)26-11-7-9-13-28(26)32/h4-20H,1-2H2,3H3. The average Bonchev–Trinajstić information content (AvgIpc) is 3.21. The van der Waals surface area contributed by atoms with Crippen molar-refractivity contribution in [2.75, 3.05) is 0 Å². The van der Waals surface area contributed by atoms with Gasteiger partial charge in [0.1, 0.15) is 11.5 Å². The number of rotatable bonds is 6. The Morgan fingerprint density at radius 2 is 1.22 bits per heavy atom. The number of carbonyl (C=O) groups is 2. The molecule has 1 aliphatic carbocycles. The lowest BCUT2D eigenvalue weighted by Crippen LogP contribution is -2.28. The van der Waals surface area contributed by atoms with E-state index in [1.807, 2.05) is 55.5 Å². The van der Waals surface area contributed by atoms with Crippen LogP contribution in [-0.2, 0) is 15.0 Å². The predicted molar refractivity (Wildman–Crippen MR) is 140 cm³/mol. The minimum atomic E-state index is -0.625. The Morgan fingerprint density at radius 1 is 0.694 bits per heavy atom. The van der Waals surface area contributed by atoms with E-state index in [-0.39, 0.29) is 0 Å². The first-order chi connectivity index (χ1) is 17.5. The molecule has 0 atom stereocenters. The highest BCUT2D eigenvalue weighted by Crippen LogP contribution is 2.56. The third-order valence-electron chi connectivity index (χ3n) is 6.61. The van der Waals surface area contributed by atoms with Crippen molar-refractivity contribution in [1.29, 1.82) is 0 Å². The highest BCUT2D eigenvalue weighted by atomic mass is 16.5. The fourth-order valence-electron chi connectivity index (χ4n) is 5.10. The van der Waals surface area contributed by atoms with Gasteiger partial charge in [0.05, 0.1) is 5.41 Å². The molecule has 0 aromatic heterocycles. The molecule has 4 aromatic carbocycles. The van der Waals surface area contributed by atoms with Gasteiger partial charge in [-0.3, -0.25) is 0 Å². The first-order valence-corrected chi connectivity index (χ1v) is 11.6. The van der Waals surface area contributed by atoms with Crippen LogP contribution in [0.1, 0.15) is 27.8 Å². The van der Waals surface area contributed by atoms with Gasteiger partial charge in [0.2, 0.25) is 0 Å². The zero-order valence-electron chi connectivity index (χ0n) is 19.9. The quantitative estimate of drug-likeness (QED) is 0.160. The van der Waals surface area contributed by atoms with E-state index >= 15 is 0 Å². The van der Waals surface area contributed by atoms with Crippen LogP contribution in [0.3, 0.4) is 0 Å². The van der Waals surface area contributed by atoms with E-state index in [9.17, 15) is 9.59 Å². The van der Waals surface area contributed by atoms with Gasteiger partial charge < -0.3 is 9.47 Å². The van der Waals surface area contributed by atoms with Crippen molar-refractivity contribution >= 4 is 11.9 Å². The summed E-state index contributed by atoms with van der Waals surface area (Å²) in [6, 6.07) is 30.3. The van der Waals surface area contributed by atoms with Crippen LogP contribution in [-0.4, -0.2) is 11.9 Å². The van der Waals surface area contributed by atoms with Crippen molar-refractivity contribution in [3.63, 3.8) is 0 Å². The summed E-state index contributed by atoms with van der Waals surface area (Å²) in [5.41, 5.74) is 6.89. The van der Waals surface area contributed by atoms with Gasteiger partial charge in [0, 0.05) is 12.2 Å². The third kappa shape index (κ3) is 3.64. The highest BCUT2D eigenvalue weighted by Gasteiger charge is 2.46. The van der Waals surface area contributed by atoms with Crippen molar-refractivity contribution < 1.29 is 19.1 Å². The van der Waals surface area contributed by atoms with Gasteiger partial charge in [-0.05, 0) is 64.1 Å². The Morgan fingerprint density at radius 3 is 1.78 bits per heavy atom. The molecule has 0 fully saturated rings. The van der Waals surface area contributed by atoms with Crippen molar-refractivity contribution in [1.82, 2.24) is 0 Å². The summed E-state index contributed by atoms with van der Waals surface area (Å²) in [5.74, 6) is -0.0672. The number of ether oxygens (including phenoxy) is 2. The zero-order chi connectivity index (χ0) is 25.3. The number of carbonyl (C=O) groups excluding carboxylic acids is 2. The van der Waals surface area contributed by atoms with Crippen LogP contribution in [0.25, 0.3) is 11.1 Å². The number of fused-ring (bicyclic) bond motifs is 3. The van der Waals surface area contributed by atoms with Gasteiger partial charge in [-0.15, -0.1) is 0 Å². The van der Waals surface area contributed by atoms with Crippen LogP contribution in [0.4, 0.5) is 0 Å². The van der Waals surface area contributed by atoms with E-state index < -0.39 is 17.4 Å². The molecule has 1 aliphatic rings. The molecule has 0 N–H and O–H groups in total. The summed E-state index contributed by atoms with van der Waals surface area (Å²) in [6.45, 7) is 8.88. The first kappa shape index (κ1) is 23.1. The first-order valence-electron chi connectivity index (χ1n) is 11.6. The number of esters is 2. The Hall–Kier alpha value is -4.70. The average molecular weight is 473 g/mol. The fraction of sp³-hybridized carbons (Fsp3) is 0.0625. The second-order valence-corrected chi connectivity index (χ2v) is 8.60. The van der Waals surface area contributed by atoms with Gasteiger partial charge in [-0.1, -0.05) is 86.0 Å². The van der Waals surface area contributed by atoms with E-state index in [2.05, 4.69) is 43.5 Å². The molecule has 4 aromatic rings. The van der Waals surface area contributed by atoms with E-state index in [0.29, 0.717) is 11.5 Å². The molecular weight excluding hydrogens is 448 g/mol. The topological polar surface area (TPSA) is 52.6 Å². The van der Waals surface area contributed by atoms with Gasteiger partial charge >= 0.3 is 11.9 Å². The summed E-state index contributed by atoms with van der Waals surface area (Å²) >= 11 is 0. The molecule has 176 valence electrons. The van der Waals surface area contributed by atoms with Gasteiger partial charge in [-0.2, -0.15) is 0 Å². The lowest BCUT2D eigenvalue weighted by molar-refractivity contribution is -0.129. The lowest BCUT2D eigenvalue weighted by Gasteiger charge is -2.34. The Labute approximate surface area is 210 Å². The molecule has 36 heavy (non-hydrogen) atoms. The summed E-state index contributed by atoms with van der Waals surface area (Å²) in [4.78, 5) is 23.6. The molecule has 0 unspecified atom stereocenters. The van der Waals surface area contributed by atoms with Crippen molar-refractivity contribution in [2.24, 2.45) is 0 Å². The highest BCUT2D eigenvalue weighted by molar-refractivity contribution is 5.87. The molecule has 0 amide bonds. The molecule has 0 radical (unpaired) electrons. The molecule has 4 heteroatoms. The molecule has 5 rings (SSSR count). The molecule has 0 aliphatic heterocycles. The largest absolute Gasteiger partial charge is 0.423 e. The third-order valence-corrected chi connectivity index (χ3v) is 6.61. The van der Waals surface area contributed by atoms with E-state index in [0.717, 1.165) is 51.1 Å². The maximum atomic E-state index is 11.8. The van der Waals surface area contributed by atoms with Crippen LogP contribution < -0.4 is 9.47 Å². The molecule has 0 saturated heterocycles. The van der Waals surface area contributed by atoms with Crippen LogP contribution in [0.5, 0.6) is 11.5 Å². The van der Waals surface area contributed by atoms with E-state index in [4.69, 9.17) is 9.47 Å². The summed E-state index contributed by atoms with van der Waals surface area (Å²) in [7, 11) is 0. The number of benzene rings is 4. The second-order valence-electron chi connectivity index (χ2n) is 8.60. The van der Waals surface area contributed by atoms with Crippen LogP contribution in [0.2, 0.25) is 0 Å². The van der Waals surface area contributed by atoms with Crippen molar-refractivity contribution in [3.8, 4) is 22.6 Å². The van der Waals surface area contributed by atoms with Crippen LogP contribution in [0, 0.1) is 6.92 Å². The smallest absolute Gasteiger partial charge is 0.335 e. The Kier molecular flexibility index (Phi) is 5.87. The molecule has 4 nitrogen and oxygen atoms in total. The second kappa shape index (κ2) is 9.16. The summed E-state index contributed by atoms with van der Waals surface area (Å²) < 4.78 is 10.8. The van der Waals surface area contributed by atoms with Crippen LogP contribution in [0.15, 0.2) is 116 Å². The predicted octanol–water partition coefficient (Wildman–Crippen LogP) is 6.54. The summed E-state index contributed by atoms with van der Waals surface area (Å²) in [5, 5.41) is 0. The van der Waals surface area contributed by atoms with Crippen molar-refractivity contribution in [2.45, 2.75) is 12.3 Å². The number of hydrogen-bond acceptors (Lipinski definition) is 4. The van der Waals surface area contributed by atoms with Gasteiger partial charge in [-0.25, -0.2) is 9.59 Å². The number of aryl methyl sites for hydroxylation is 1. The Bertz CT molecular complexity index is 1470. The Balaban J connectivity index is 1.76. The minimum absolute atomic E-state index is 0.446. The van der Waals surface area contributed by atoms with Crippen LogP contribution >= 0.6 is 0 Å². The molecule has 0 heterocycles.